The van der Waals surface area contributed by atoms with Crippen molar-refractivity contribution in [3.05, 3.63) is 11.8 Å². The van der Waals surface area contributed by atoms with Gasteiger partial charge in [0.05, 0.1) is 18.3 Å². The molecule has 0 saturated carbocycles. The molecule has 0 aliphatic carbocycles. The summed E-state index contributed by atoms with van der Waals surface area (Å²) in [4.78, 5) is 21.3. The van der Waals surface area contributed by atoms with Gasteiger partial charge in [-0.25, -0.2) is 0 Å². The molecule has 1 aliphatic rings. The van der Waals surface area contributed by atoms with Crippen LogP contribution in [0.4, 0.5) is 0 Å². The number of carbonyl (C=O) groups is 2. The predicted octanol–water partition coefficient (Wildman–Crippen LogP) is 0.837. The molecule has 60 valence electrons. The molecule has 3 nitrogen and oxygen atoms in total. The van der Waals surface area contributed by atoms with Gasteiger partial charge in [0.15, 0.2) is 12.1 Å². The summed E-state index contributed by atoms with van der Waals surface area (Å²) in [5, 5.41) is 0. The highest BCUT2D eigenvalue weighted by Crippen LogP contribution is 2.22. The summed E-state index contributed by atoms with van der Waals surface area (Å²) in [6.45, 7) is 3.62. The fourth-order valence-electron chi connectivity index (χ4n) is 0.913. The van der Waals surface area contributed by atoms with E-state index in [1.165, 1.54) is 6.26 Å². The number of carbonyl (C=O) groups excluding carboxylic acids is 2. The maximum absolute atomic E-state index is 11.1. The lowest BCUT2D eigenvalue weighted by Gasteiger charge is -2.27. The zero-order valence-corrected chi connectivity index (χ0v) is 6.59. The molecule has 0 fully saturated rings. The van der Waals surface area contributed by atoms with Gasteiger partial charge in [0, 0.05) is 0 Å². The van der Waals surface area contributed by atoms with E-state index >= 15 is 0 Å². The smallest absolute Gasteiger partial charge is 0.173 e. The van der Waals surface area contributed by atoms with Crippen molar-refractivity contribution in [3.8, 4) is 0 Å². The van der Waals surface area contributed by atoms with Crippen LogP contribution in [0.3, 0.4) is 0 Å². The first-order valence-electron chi connectivity index (χ1n) is 3.41. The van der Waals surface area contributed by atoms with Gasteiger partial charge in [-0.05, 0) is 13.8 Å². The van der Waals surface area contributed by atoms with Crippen molar-refractivity contribution >= 4 is 12.1 Å². The predicted molar refractivity (Wildman–Crippen MR) is 38.9 cm³/mol. The highest BCUT2D eigenvalue weighted by Gasteiger charge is 2.28. The average molecular weight is 154 g/mol. The molecule has 0 N–H and O–H groups in total. The van der Waals surface area contributed by atoms with Crippen molar-refractivity contribution in [1.82, 2.24) is 0 Å². The largest absolute Gasteiger partial charge is 0.494 e. The summed E-state index contributed by atoms with van der Waals surface area (Å²) in [7, 11) is 0. The molecule has 0 saturated heterocycles. The second-order valence-corrected chi connectivity index (χ2v) is 3.17. The molecule has 0 bridgehead atoms. The third-order valence-electron chi connectivity index (χ3n) is 1.54. The van der Waals surface area contributed by atoms with Crippen molar-refractivity contribution in [1.29, 1.82) is 0 Å². The monoisotopic (exact) mass is 154 g/mol. The van der Waals surface area contributed by atoms with Crippen LogP contribution in [0.15, 0.2) is 11.8 Å². The summed E-state index contributed by atoms with van der Waals surface area (Å²) in [6, 6.07) is 0. The number of ketones is 1. The van der Waals surface area contributed by atoms with E-state index in [4.69, 9.17) is 4.74 Å². The van der Waals surface area contributed by atoms with E-state index in [0.29, 0.717) is 6.29 Å². The molecule has 0 aromatic rings. The third kappa shape index (κ3) is 1.67. The minimum atomic E-state index is -0.455. The van der Waals surface area contributed by atoms with Crippen LogP contribution in [0.25, 0.3) is 0 Å². The van der Waals surface area contributed by atoms with Crippen molar-refractivity contribution in [3.63, 3.8) is 0 Å². The van der Waals surface area contributed by atoms with Gasteiger partial charge in [0.1, 0.15) is 5.60 Å². The second-order valence-electron chi connectivity index (χ2n) is 3.17. The minimum absolute atomic E-state index is 0.129. The van der Waals surface area contributed by atoms with Gasteiger partial charge in [-0.15, -0.1) is 0 Å². The van der Waals surface area contributed by atoms with Crippen molar-refractivity contribution < 1.29 is 14.3 Å². The van der Waals surface area contributed by atoms with E-state index in [2.05, 4.69) is 0 Å². The Bertz CT molecular complexity index is 225. The first-order chi connectivity index (χ1) is 5.05. The number of allylic oxidation sites excluding steroid dienone is 1. The third-order valence-corrected chi connectivity index (χ3v) is 1.54. The first-order valence-corrected chi connectivity index (χ1v) is 3.41. The highest BCUT2D eigenvalue weighted by molar-refractivity contribution is 6.12. The van der Waals surface area contributed by atoms with Crippen molar-refractivity contribution in [2.45, 2.75) is 25.9 Å². The molecule has 11 heavy (non-hydrogen) atoms. The summed E-state index contributed by atoms with van der Waals surface area (Å²) < 4.78 is 5.13. The van der Waals surface area contributed by atoms with Gasteiger partial charge in [-0.3, -0.25) is 9.59 Å². The fourth-order valence-corrected chi connectivity index (χ4v) is 0.913. The average Bonchev–Trinajstić information content (AvgIpc) is 1.86. The molecule has 0 atom stereocenters. The van der Waals surface area contributed by atoms with E-state index in [9.17, 15) is 9.59 Å². The van der Waals surface area contributed by atoms with Gasteiger partial charge in [0.2, 0.25) is 0 Å². The van der Waals surface area contributed by atoms with Crippen molar-refractivity contribution in [2.75, 3.05) is 0 Å². The number of Topliss-reactive ketones (excluding diaryl/α,β-unsaturated/α-hetero) is 1. The molecule has 0 aromatic carbocycles. The number of aldehydes is 1. The molecule has 0 spiro atoms. The van der Waals surface area contributed by atoms with E-state index in [1.807, 2.05) is 13.8 Å². The number of ether oxygens (including phenoxy) is 1. The number of hydrogen-bond acceptors (Lipinski definition) is 3. The van der Waals surface area contributed by atoms with Crippen LogP contribution in [-0.4, -0.2) is 17.7 Å². The van der Waals surface area contributed by atoms with E-state index < -0.39 is 5.60 Å². The standard InChI is InChI=1S/C8H10O3/c1-8(2)3-7(10)6(4-9)5-11-8/h4-5H,3H2,1-2H3. The lowest BCUT2D eigenvalue weighted by atomic mass is 9.96. The van der Waals surface area contributed by atoms with Crippen LogP contribution in [0, 0.1) is 0 Å². The summed E-state index contributed by atoms with van der Waals surface area (Å²) >= 11 is 0. The SMILES string of the molecule is CC1(C)CC(=O)C(C=O)=CO1. The van der Waals surface area contributed by atoms with Gasteiger partial charge in [-0.2, -0.15) is 0 Å². The van der Waals surface area contributed by atoms with Crippen LogP contribution < -0.4 is 0 Å². The zero-order chi connectivity index (χ0) is 8.48. The van der Waals surface area contributed by atoms with E-state index in [0.717, 1.165) is 0 Å². The maximum atomic E-state index is 11.1. The molecular formula is C8H10O3. The van der Waals surface area contributed by atoms with Gasteiger partial charge >= 0.3 is 0 Å². The van der Waals surface area contributed by atoms with Gasteiger partial charge in [0.25, 0.3) is 0 Å². The van der Waals surface area contributed by atoms with E-state index in [-0.39, 0.29) is 17.8 Å². The Kier molecular flexibility index (Phi) is 1.81. The number of hydrogen-bond donors (Lipinski definition) is 0. The Balaban J connectivity index is 2.84. The molecule has 3 heteroatoms. The Morgan fingerprint density at radius 2 is 2.27 bits per heavy atom. The van der Waals surface area contributed by atoms with E-state index in [1.54, 1.807) is 0 Å². The molecule has 1 heterocycles. The zero-order valence-electron chi connectivity index (χ0n) is 6.59. The molecule has 0 aromatic heterocycles. The quantitative estimate of drug-likeness (QED) is 0.415. The fraction of sp³-hybridized carbons (Fsp3) is 0.500. The van der Waals surface area contributed by atoms with Crippen LogP contribution in [0.5, 0.6) is 0 Å². The first kappa shape index (κ1) is 7.98. The molecule has 0 radical (unpaired) electrons. The molecule has 0 amide bonds. The molecule has 1 rings (SSSR count). The van der Waals surface area contributed by atoms with Crippen molar-refractivity contribution in [2.24, 2.45) is 0 Å². The lowest BCUT2D eigenvalue weighted by Crippen LogP contribution is -2.31. The Morgan fingerprint density at radius 3 is 2.73 bits per heavy atom. The molecule has 0 unspecified atom stereocenters. The summed E-state index contributed by atoms with van der Waals surface area (Å²) in [5.41, 5.74) is -0.326. The molecular weight excluding hydrogens is 144 g/mol. The number of rotatable bonds is 1. The minimum Gasteiger partial charge on any atom is -0.494 e. The van der Waals surface area contributed by atoms with Crippen LogP contribution >= 0.6 is 0 Å². The second kappa shape index (κ2) is 2.49. The van der Waals surface area contributed by atoms with Crippen LogP contribution in [0.1, 0.15) is 20.3 Å². The Morgan fingerprint density at radius 1 is 1.64 bits per heavy atom. The Labute approximate surface area is 65.0 Å². The van der Waals surface area contributed by atoms with Crippen LogP contribution in [0.2, 0.25) is 0 Å². The summed E-state index contributed by atoms with van der Waals surface area (Å²) in [5.74, 6) is -0.142. The topological polar surface area (TPSA) is 43.4 Å². The summed E-state index contributed by atoms with van der Waals surface area (Å²) in [6.07, 6.45) is 2.04. The lowest BCUT2D eigenvalue weighted by molar-refractivity contribution is -0.123. The Hall–Kier alpha value is -1.12. The van der Waals surface area contributed by atoms with Gasteiger partial charge < -0.3 is 4.74 Å². The molecule has 1 aliphatic heterocycles. The maximum Gasteiger partial charge on any atom is 0.173 e. The normalized spacial score (nSPS) is 22.0. The van der Waals surface area contributed by atoms with Gasteiger partial charge in [-0.1, -0.05) is 0 Å². The van der Waals surface area contributed by atoms with Crippen LogP contribution in [-0.2, 0) is 14.3 Å². The highest BCUT2D eigenvalue weighted by atomic mass is 16.5.